The summed E-state index contributed by atoms with van der Waals surface area (Å²) < 4.78 is 13.9. The summed E-state index contributed by atoms with van der Waals surface area (Å²) >= 11 is 3.38. The molecule has 19 heavy (non-hydrogen) atoms. The molecule has 4 heteroatoms. The molecule has 0 fully saturated rings. The van der Waals surface area contributed by atoms with E-state index in [9.17, 15) is 4.39 Å². The molecule has 0 radical (unpaired) electrons. The minimum Gasteiger partial charge on any atom is -0.380 e. The number of nitrogens with one attached hydrogen (secondary N) is 1. The third-order valence-electron chi connectivity index (χ3n) is 2.88. The number of halogens is 2. The highest BCUT2D eigenvalue weighted by Crippen LogP contribution is 2.22. The Labute approximate surface area is 120 Å². The molecule has 0 aliphatic carbocycles. The predicted octanol–water partition coefficient (Wildman–Crippen LogP) is 4.38. The van der Waals surface area contributed by atoms with E-state index in [4.69, 9.17) is 5.26 Å². The number of nitriles is 1. The molecule has 2 aromatic carbocycles. The van der Waals surface area contributed by atoms with Crippen molar-refractivity contribution in [2.45, 2.75) is 13.5 Å². The van der Waals surface area contributed by atoms with Crippen LogP contribution in [-0.4, -0.2) is 0 Å². The second kappa shape index (κ2) is 5.85. The Morgan fingerprint density at radius 3 is 2.74 bits per heavy atom. The van der Waals surface area contributed by atoms with Crippen molar-refractivity contribution >= 4 is 21.6 Å². The number of nitrogens with zero attached hydrogens (tertiary/aromatic N) is 1. The summed E-state index contributed by atoms with van der Waals surface area (Å²) in [6.07, 6.45) is 0. The quantitative estimate of drug-likeness (QED) is 0.911. The Morgan fingerprint density at radius 2 is 2.05 bits per heavy atom. The van der Waals surface area contributed by atoms with Gasteiger partial charge in [0.1, 0.15) is 11.9 Å². The second-order valence-electron chi connectivity index (χ2n) is 4.23. The number of rotatable bonds is 3. The first-order chi connectivity index (χ1) is 9.10. The summed E-state index contributed by atoms with van der Waals surface area (Å²) in [7, 11) is 0. The van der Waals surface area contributed by atoms with Gasteiger partial charge in [0, 0.05) is 11.0 Å². The Hall–Kier alpha value is -1.86. The van der Waals surface area contributed by atoms with E-state index in [2.05, 4.69) is 27.3 Å². The third-order valence-corrected chi connectivity index (χ3v) is 3.37. The van der Waals surface area contributed by atoms with Gasteiger partial charge < -0.3 is 5.32 Å². The van der Waals surface area contributed by atoms with Gasteiger partial charge in [0.2, 0.25) is 0 Å². The van der Waals surface area contributed by atoms with Gasteiger partial charge in [-0.05, 0) is 48.4 Å². The van der Waals surface area contributed by atoms with E-state index in [1.807, 2.05) is 19.1 Å². The van der Waals surface area contributed by atoms with Crippen LogP contribution in [0.3, 0.4) is 0 Å². The lowest BCUT2D eigenvalue weighted by molar-refractivity contribution is 0.625. The number of aryl methyl sites for hydroxylation is 1. The lowest BCUT2D eigenvalue weighted by atomic mass is 10.1. The molecule has 96 valence electrons. The molecule has 0 aliphatic heterocycles. The van der Waals surface area contributed by atoms with Crippen LogP contribution >= 0.6 is 15.9 Å². The van der Waals surface area contributed by atoms with Crippen molar-refractivity contribution in [1.29, 1.82) is 5.26 Å². The molecule has 0 spiro atoms. The number of benzene rings is 2. The summed E-state index contributed by atoms with van der Waals surface area (Å²) in [6, 6.07) is 12.3. The summed E-state index contributed by atoms with van der Waals surface area (Å²) in [4.78, 5) is 0. The highest BCUT2D eigenvalue weighted by molar-refractivity contribution is 9.10. The number of hydrogen-bond donors (Lipinski definition) is 1. The molecule has 2 nitrogen and oxygen atoms in total. The number of hydrogen-bond acceptors (Lipinski definition) is 2. The van der Waals surface area contributed by atoms with Crippen molar-refractivity contribution in [3.8, 4) is 6.07 Å². The van der Waals surface area contributed by atoms with Gasteiger partial charge in [-0.25, -0.2) is 4.39 Å². The smallest absolute Gasteiger partial charge is 0.123 e. The molecule has 0 saturated carbocycles. The van der Waals surface area contributed by atoms with Crippen molar-refractivity contribution < 1.29 is 4.39 Å². The molecular formula is C15H12BrFN2. The Bertz CT molecular complexity index is 647. The topological polar surface area (TPSA) is 35.8 Å². The van der Waals surface area contributed by atoms with Crippen LogP contribution in [-0.2, 0) is 6.54 Å². The minimum absolute atomic E-state index is 0.235. The van der Waals surface area contributed by atoms with Gasteiger partial charge in [-0.1, -0.05) is 22.0 Å². The molecular weight excluding hydrogens is 307 g/mol. The summed E-state index contributed by atoms with van der Waals surface area (Å²) in [5.41, 5.74) is 3.25. The van der Waals surface area contributed by atoms with Crippen molar-refractivity contribution in [2.24, 2.45) is 0 Å². The molecule has 2 rings (SSSR count). The average molecular weight is 319 g/mol. The zero-order chi connectivity index (χ0) is 13.8. The van der Waals surface area contributed by atoms with Crippen molar-refractivity contribution in [3.63, 3.8) is 0 Å². The van der Waals surface area contributed by atoms with Crippen LogP contribution in [0.4, 0.5) is 10.1 Å². The van der Waals surface area contributed by atoms with Crippen molar-refractivity contribution in [1.82, 2.24) is 0 Å². The molecule has 0 heterocycles. The van der Waals surface area contributed by atoms with Crippen LogP contribution < -0.4 is 5.32 Å². The summed E-state index contributed by atoms with van der Waals surface area (Å²) in [5, 5.41) is 12.2. The maximum atomic E-state index is 13.0. The lowest BCUT2D eigenvalue weighted by Crippen LogP contribution is -2.03. The summed E-state index contributed by atoms with van der Waals surface area (Å²) in [6.45, 7) is 2.42. The maximum absolute atomic E-state index is 13.0. The van der Waals surface area contributed by atoms with Gasteiger partial charge in [-0.3, -0.25) is 0 Å². The molecule has 1 N–H and O–H groups in total. The van der Waals surface area contributed by atoms with E-state index in [1.165, 1.54) is 12.1 Å². The van der Waals surface area contributed by atoms with Gasteiger partial charge in [0.05, 0.1) is 11.3 Å². The zero-order valence-electron chi connectivity index (χ0n) is 10.4. The van der Waals surface area contributed by atoms with E-state index in [0.717, 1.165) is 21.3 Å². The zero-order valence-corrected chi connectivity index (χ0v) is 12.0. The standard InChI is InChI=1S/C15H12BrFN2/c1-10-6-14(17)5-3-12(10)9-19-15-7-13(16)4-2-11(15)8-18/h2-7,19H,9H2,1H3. The van der Waals surface area contributed by atoms with Crippen LogP contribution in [0.2, 0.25) is 0 Å². The van der Waals surface area contributed by atoms with Gasteiger partial charge in [0.15, 0.2) is 0 Å². The van der Waals surface area contributed by atoms with Gasteiger partial charge in [0.25, 0.3) is 0 Å². The van der Waals surface area contributed by atoms with Crippen LogP contribution in [0, 0.1) is 24.1 Å². The second-order valence-corrected chi connectivity index (χ2v) is 5.14. The van der Waals surface area contributed by atoms with Crippen LogP contribution in [0.1, 0.15) is 16.7 Å². The number of anilines is 1. The lowest BCUT2D eigenvalue weighted by Gasteiger charge is -2.11. The van der Waals surface area contributed by atoms with Gasteiger partial charge in [-0.2, -0.15) is 5.26 Å². The van der Waals surface area contributed by atoms with E-state index in [-0.39, 0.29) is 5.82 Å². The Balaban J connectivity index is 2.19. The van der Waals surface area contributed by atoms with E-state index < -0.39 is 0 Å². The SMILES string of the molecule is Cc1cc(F)ccc1CNc1cc(Br)ccc1C#N. The Kier molecular flexibility index (Phi) is 4.18. The molecule has 0 aromatic heterocycles. The third kappa shape index (κ3) is 3.33. The Morgan fingerprint density at radius 1 is 1.26 bits per heavy atom. The molecule has 0 atom stereocenters. The summed E-state index contributed by atoms with van der Waals surface area (Å²) in [5.74, 6) is -0.235. The fourth-order valence-electron chi connectivity index (χ4n) is 1.81. The van der Waals surface area contributed by atoms with Crippen LogP contribution in [0.25, 0.3) is 0 Å². The van der Waals surface area contributed by atoms with Crippen LogP contribution in [0.15, 0.2) is 40.9 Å². The molecule has 0 bridgehead atoms. The van der Waals surface area contributed by atoms with Crippen LogP contribution in [0.5, 0.6) is 0 Å². The molecule has 0 saturated heterocycles. The molecule has 0 aliphatic rings. The van der Waals surface area contributed by atoms with E-state index in [0.29, 0.717) is 12.1 Å². The highest BCUT2D eigenvalue weighted by Gasteiger charge is 2.04. The van der Waals surface area contributed by atoms with Crippen molar-refractivity contribution in [3.05, 3.63) is 63.4 Å². The van der Waals surface area contributed by atoms with Gasteiger partial charge >= 0.3 is 0 Å². The van der Waals surface area contributed by atoms with E-state index in [1.54, 1.807) is 12.1 Å². The highest BCUT2D eigenvalue weighted by atomic mass is 79.9. The van der Waals surface area contributed by atoms with E-state index >= 15 is 0 Å². The largest absolute Gasteiger partial charge is 0.380 e. The fourth-order valence-corrected chi connectivity index (χ4v) is 2.17. The normalized spacial score (nSPS) is 10.0. The molecule has 2 aromatic rings. The average Bonchev–Trinajstić information content (AvgIpc) is 2.38. The minimum atomic E-state index is -0.235. The molecule has 0 amide bonds. The first-order valence-corrected chi connectivity index (χ1v) is 6.58. The molecule has 0 unspecified atom stereocenters. The monoisotopic (exact) mass is 318 g/mol. The maximum Gasteiger partial charge on any atom is 0.123 e. The first kappa shape index (κ1) is 13.6. The first-order valence-electron chi connectivity index (χ1n) is 5.78. The van der Waals surface area contributed by atoms with Crippen molar-refractivity contribution in [2.75, 3.05) is 5.32 Å². The predicted molar refractivity (Wildman–Crippen MR) is 77.3 cm³/mol. The fraction of sp³-hybridized carbons (Fsp3) is 0.133. The van der Waals surface area contributed by atoms with Gasteiger partial charge in [-0.15, -0.1) is 0 Å².